The van der Waals surface area contributed by atoms with Crippen molar-refractivity contribution < 1.29 is 4.74 Å². The molecule has 3 heterocycles. The van der Waals surface area contributed by atoms with E-state index in [4.69, 9.17) is 4.74 Å². The summed E-state index contributed by atoms with van der Waals surface area (Å²) in [4.78, 5) is 14.9. The van der Waals surface area contributed by atoms with Crippen LogP contribution in [0.25, 0.3) is 0 Å². The molecule has 1 aliphatic heterocycles. The van der Waals surface area contributed by atoms with E-state index >= 15 is 0 Å². The molecular formula is C16H21N5O. The molecule has 0 spiro atoms. The monoisotopic (exact) mass is 299 g/mol. The molecule has 1 aliphatic rings. The Morgan fingerprint density at radius 2 is 2.36 bits per heavy atom. The highest BCUT2D eigenvalue weighted by Gasteiger charge is 2.20. The molecule has 1 atom stereocenters. The van der Waals surface area contributed by atoms with E-state index in [1.165, 1.54) is 18.3 Å². The standard InChI is InChI=1S/C16H21N5O/c1-22-16-8-15(18-12-19-16)20-14-5-3-7-21(11-14)10-13-4-2-6-17-9-13/h2,4,6,8-9,12,14H,3,5,7,10-11H2,1H3,(H,18,19,20)/t14-/m0/s1. The van der Waals surface area contributed by atoms with Gasteiger partial charge in [0.05, 0.1) is 7.11 Å². The van der Waals surface area contributed by atoms with Crippen LogP contribution in [-0.2, 0) is 6.54 Å². The fourth-order valence-electron chi connectivity index (χ4n) is 2.81. The highest BCUT2D eigenvalue weighted by atomic mass is 16.5. The van der Waals surface area contributed by atoms with E-state index in [-0.39, 0.29) is 0 Å². The molecule has 6 nitrogen and oxygen atoms in total. The van der Waals surface area contributed by atoms with E-state index in [2.05, 4.69) is 31.2 Å². The highest BCUT2D eigenvalue weighted by molar-refractivity contribution is 5.38. The lowest BCUT2D eigenvalue weighted by Crippen LogP contribution is -2.41. The van der Waals surface area contributed by atoms with Gasteiger partial charge < -0.3 is 10.1 Å². The molecule has 22 heavy (non-hydrogen) atoms. The summed E-state index contributed by atoms with van der Waals surface area (Å²) in [6.45, 7) is 3.07. The highest BCUT2D eigenvalue weighted by Crippen LogP contribution is 2.18. The van der Waals surface area contributed by atoms with Crippen LogP contribution in [0.1, 0.15) is 18.4 Å². The van der Waals surface area contributed by atoms with Crippen LogP contribution in [-0.4, -0.2) is 46.1 Å². The summed E-state index contributed by atoms with van der Waals surface area (Å²) in [5.74, 6) is 1.40. The maximum atomic E-state index is 5.14. The van der Waals surface area contributed by atoms with Crippen molar-refractivity contribution in [3.05, 3.63) is 42.5 Å². The third kappa shape index (κ3) is 3.92. The number of hydrogen-bond donors (Lipinski definition) is 1. The van der Waals surface area contributed by atoms with Crippen molar-refractivity contribution in [1.82, 2.24) is 19.9 Å². The Bertz CT molecular complexity index is 592. The summed E-state index contributed by atoms with van der Waals surface area (Å²) >= 11 is 0. The van der Waals surface area contributed by atoms with Crippen molar-refractivity contribution in [3.63, 3.8) is 0 Å². The van der Waals surface area contributed by atoms with Gasteiger partial charge in [0.25, 0.3) is 0 Å². The van der Waals surface area contributed by atoms with Crippen molar-refractivity contribution in [2.75, 3.05) is 25.5 Å². The summed E-state index contributed by atoms with van der Waals surface area (Å²) in [5.41, 5.74) is 1.26. The predicted octanol–water partition coefficient (Wildman–Crippen LogP) is 1.96. The number of methoxy groups -OCH3 is 1. The van der Waals surface area contributed by atoms with Gasteiger partial charge in [-0.05, 0) is 31.0 Å². The first kappa shape index (κ1) is 14.7. The summed E-state index contributed by atoms with van der Waals surface area (Å²) in [5, 5.41) is 3.48. The van der Waals surface area contributed by atoms with E-state index in [0.29, 0.717) is 11.9 Å². The van der Waals surface area contributed by atoms with Gasteiger partial charge in [-0.1, -0.05) is 6.07 Å². The van der Waals surface area contributed by atoms with Gasteiger partial charge in [-0.15, -0.1) is 0 Å². The van der Waals surface area contributed by atoms with Crippen molar-refractivity contribution in [2.24, 2.45) is 0 Å². The molecule has 1 N–H and O–H groups in total. The fourth-order valence-corrected chi connectivity index (χ4v) is 2.81. The molecule has 6 heteroatoms. The van der Waals surface area contributed by atoms with Crippen LogP contribution in [0.4, 0.5) is 5.82 Å². The minimum Gasteiger partial charge on any atom is -0.481 e. The number of hydrogen-bond acceptors (Lipinski definition) is 6. The Balaban J connectivity index is 1.58. The first-order valence-electron chi connectivity index (χ1n) is 7.57. The number of nitrogens with zero attached hydrogens (tertiary/aromatic N) is 4. The first-order valence-corrected chi connectivity index (χ1v) is 7.57. The predicted molar refractivity (Wildman–Crippen MR) is 84.7 cm³/mol. The molecule has 1 saturated heterocycles. The summed E-state index contributed by atoms with van der Waals surface area (Å²) in [6.07, 6.45) is 7.60. The Morgan fingerprint density at radius 3 is 3.18 bits per heavy atom. The molecule has 0 aromatic carbocycles. The maximum Gasteiger partial charge on any atom is 0.218 e. The second-order valence-corrected chi connectivity index (χ2v) is 5.53. The number of ether oxygens (including phenoxy) is 1. The van der Waals surface area contributed by atoms with Gasteiger partial charge in [-0.3, -0.25) is 9.88 Å². The molecule has 0 amide bonds. The second-order valence-electron chi connectivity index (χ2n) is 5.53. The van der Waals surface area contributed by atoms with Gasteiger partial charge in [-0.25, -0.2) is 9.97 Å². The van der Waals surface area contributed by atoms with Crippen LogP contribution in [0.3, 0.4) is 0 Å². The van der Waals surface area contributed by atoms with Crippen LogP contribution in [0.15, 0.2) is 36.9 Å². The third-order valence-corrected chi connectivity index (χ3v) is 3.84. The largest absolute Gasteiger partial charge is 0.481 e. The van der Waals surface area contributed by atoms with Gasteiger partial charge >= 0.3 is 0 Å². The van der Waals surface area contributed by atoms with Crippen LogP contribution < -0.4 is 10.1 Å². The molecule has 0 saturated carbocycles. The number of likely N-dealkylation sites (tertiary alicyclic amines) is 1. The van der Waals surface area contributed by atoms with Crippen molar-refractivity contribution in [3.8, 4) is 5.88 Å². The zero-order valence-corrected chi connectivity index (χ0v) is 12.8. The maximum absolute atomic E-state index is 5.14. The molecule has 3 rings (SSSR count). The van der Waals surface area contributed by atoms with Gasteiger partial charge in [0, 0.05) is 37.6 Å². The Labute approximate surface area is 130 Å². The molecule has 2 aromatic heterocycles. The lowest BCUT2D eigenvalue weighted by atomic mass is 10.1. The molecule has 2 aromatic rings. The minimum atomic E-state index is 0.394. The number of rotatable bonds is 5. The van der Waals surface area contributed by atoms with Gasteiger partial charge in [0.2, 0.25) is 5.88 Å². The van der Waals surface area contributed by atoms with E-state index < -0.39 is 0 Å². The average molecular weight is 299 g/mol. The molecule has 116 valence electrons. The van der Waals surface area contributed by atoms with E-state index in [1.54, 1.807) is 7.11 Å². The summed E-state index contributed by atoms with van der Waals surface area (Å²) in [6, 6.07) is 6.34. The van der Waals surface area contributed by atoms with E-state index in [0.717, 1.165) is 31.9 Å². The average Bonchev–Trinajstić information content (AvgIpc) is 2.56. The smallest absolute Gasteiger partial charge is 0.218 e. The Morgan fingerprint density at radius 1 is 1.41 bits per heavy atom. The number of nitrogens with one attached hydrogen (secondary N) is 1. The van der Waals surface area contributed by atoms with Crippen LogP contribution in [0, 0.1) is 0 Å². The van der Waals surface area contributed by atoms with Crippen molar-refractivity contribution in [2.45, 2.75) is 25.4 Å². The quantitative estimate of drug-likeness (QED) is 0.910. The Kier molecular flexibility index (Phi) is 4.80. The zero-order chi connectivity index (χ0) is 15.2. The van der Waals surface area contributed by atoms with Gasteiger partial charge in [0.15, 0.2) is 0 Å². The first-order chi connectivity index (χ1) is 10.8. The Hall–Kier alpha value is -2.21. The number of piperidine rings is 1. The molecule has 0 unspecified atom stereocenters. The van der Waals surface area contributed by atoms with E-state index in [9.17, 15) is 0 Å². The van der Waals surface area contributed by atoms with E-state index in [1.807, 2.05) is 24.5 Å². The lowest BCUT2D eigenvalue weighted by Gasteiger charge is -2.33. The molecule has 0 aliphatic carbocycles. The zero-order valence-electron chi connectivity index (χ0n) is 12.8. The molecule has 0 bridgehead atoms. The normalized spacial score (nSPS) is 18.9. The lowest BCUT2D eigenvalue weighted by molar-refractivity contribution is 0.208. The topological polar surface area (TPSA) is 63.2 Å². The van der Waals surface area contributed by atoms with Crippen LogP contribution in [0.5, 0.6) is 5.88 Å². The van der Waals surface area contributed by atoms with Crippen molar-refractivity contribution in [1.29, 1.82) is 0 Å². The van der Waals surface area contributed by atoms with Crippen LogP contribution >= 0.6 is 0 Å². The SMILES string of the molecule is COc1cc(N[C@H]2CCCN(Cc3cccnc3)C2)ncn1. The van der Waals surface area contributed by atoms with Crippen molar-refractivity contribution >= 4 is 5.82 Å². The second kappa shape index (κ2) is 7.17. The molecule has 1 fully saturated rings. The minimum absolute atomic E-state index is 0.394. The fraction of sp³-hybridized carbons (Fsp3) is 0.438. The summed E-state index contributed by atoms with van der Waals surface area (Å²) in [7, 11) is 1.61. The molecular weight excluding hydrogens is 278 g/mol. The number of aromatic nitrogens is 3. The number of anilines is 1. The van der Waals surface area contributed by atoms with Crippen LogP contribution in [0.2, 0.25) is 0 Å². The third-order valence-electron chi connectivity index (χ3n) is 3.84. The van der Waals surface area contributed by atoms with Gasteiger partial charge in [0.1, 0.15) is 12.1 Å². The van der Waals surface area contributed by atoms with Gasteiger partial charge in [-0.2, -0.15) is 0 Å². The summed E-state index contributed by atoms with van der Waals surface area (Å²) < 4.78 is 5.14. The molecule has 0 radical (unpaired) electrons. The number of pyridine rings is 1.